The van der Waals surface area contributed by atoms with Gasteiger partial charge in [0, 0.05) is 25.2 Å². The quantitative estimate of drug-likeness (QED) is 0.767. The molecule has 1 fully saturated rings. The zero-order chi connectivity index (χ0) is 12.4. The van der Waals surface area contributed by atoms with Crippen LogP contribution in [0, 0.1) is 0 Å². The number of rotatable bonds is 3. The van der Waals surface area contributed by atoms with E-state index in [1.54, 1.807) is 6.20 Å². The van der Waals surface area contributed by atoms with Gasteiger partial charge in [-0.25, -0.2) is 9.97 Å². The Kier molecular flexibility index (Phi) is 3.23. The molecule has 0 aliphatic carbocycles. The van der Waals surface area contributed by atoms with Gasteiger partial charge in [-0.3, -0.25) is 4.79 Å². The lowest BCUT2D eigenvalue weighted by molar-refractivity contribution is -0.136. The molecule has 0 spiro atoms. The van der Waals surface area contributed by atoms with Crippen LogP contribution in [0.25, 0.3) is 0 Å². The normalized spacial score (nSPS) is 16.1. The van der Waals surface area contributed by atoms with Crippen molar-refractivity contribution in [2.24, 2.45) is 0 Å². The van der Waals surface area contributed by atoms with Crippen LogP contribution in [0.3, 0.4) is 0 Å². The Bertz CT molecular complexity index is 414. The van der Waals surface area contributed by atoms with Crippen molar-refractivity contribution < 1.29 is 4.79 Å². The number of nitrogen functional groups attached to an aromatic ring is 1. The standard InChI is InChI=1S/C11H17N5O/c1-15(2)7-10(17)16-5-8(6-16)9-3-4-13-11(12)14-9/h3-4,8H,5-7H2,1-2H3,(H2,12,13,14). The Morgan fingerprint density at radius 2 is 2.29 bits per heavy atom. The molecule has 92 valence electrons. The Balaban J connectivity index is 1.88. The summed E-state index contributed by atoms with van der Waals surface area (Å²) in [6.45, 7) is 1.91. The molecule has 0 bridgehead atoms. The van der Waals surface area contributed by atoms with Gasteiger partial charge in [0.15, 0.2) is 0 Å². The lowest BCUT2D eigenvalue weighted by Gasteiger charge is -2.39. The molecule has 1 aliphatic rings. The first kappa shape index (κ1) is 11.8. The predicted molar refractivity (Wildman–Crippen MR) is 64.3 cm³/mol. The molecule has 1 aromatic heterocycles. The number of nitrogens with two attached hydrogens (primary N) is 1. The minimum absolute atomic E-state index is 0.160. The molecular weight excluding hydrogens is 218 g/mol. The second-order valence-corrected chi connectivity index (χ2v) is 4.57. The molecule has 6 heteroatoms. The molecule has 0 aromatic carbocycles. The third-order valence-electron chi connectivity index (χ3n) is 2.80. The number of likely N-dealkylation sites (N-methyl/N-ethyl adjacent to an activating group) is 1. The van der Waals surface area contributed by atoms with Gasteiger partial charge in [0.05, 0.1) is 12.2 Å². The first-order valence-electron chi connectivity index (χ1n) is 5.57. The molecule has 1 aliphatic heterocycles. The van der Waals surface area contributed by atoms with Gasteiger partial charge in [-0.1, -0.05) is 0 Å². The highest BCUT2D eigenvalue weighted by atomic mass is 16.2. The second kappa shape index (κ2) is 4.67. The van der Waals surface area contributed by atoms with Gasteiger partial charge in [-0.05, 0) is 20.2 Å². The predicted octanol–water partition coefficient (Wildman–Crippen LogP) is -0.454. The van der Waals surface area contributed by atoms with Crippen molar-refractivity contribution in [3.63, 3.8) is 0 Å². The summed E-state index contributed by atoms with van der Waals surface area (Å²) in [5.41, 5.74) is 6.45. The number of anilines is 1. The van der Waals surface area contributed by atoms with Crippen LogP contribution in [0.2, 0.25) is 0 Å². The highest BCUT2D eigenvalue weighted by Gasteiger charge is 2.32. The third kappa shape index (κ3) is 2.71. The average molecular weight is 235 g/mol. The monoisotopic (exact) mass is 235 g/mol. The molecule has 6 nitrogen and oxygen atoms in total. The Labute approximate surface area is 100 Å². The van der Waals surface area contributed by atoms with E-state index in [0.29, 0.717) is 18.4 Å². The smallest absolute Gasteiger partial charge is 0.236 e. The molecular formula is C11H17N5O. The first-order chi connectivity index (χ1) is 8.06. The summed E-state index contributed by atoms with van der Waals surface area (Å²) in [5, 5.41) is 0. The number of aromatic nitrogens is 2. The van der Waals surface area contributed by atoms with E-state index in [0.717, 1.165) is 18.8 Å². The van der Waals surface area contributed by atoms with Gasteiger partial charge in [0.2, 0.25) is 11.9 Å². The van der Waals surface area contributed by atoms with Gasteiger partial charge in [-0.2, -0.15) is 0 Å². The molecule has 0 saturated carbocycles. The van der Waals surface area contributed by atoms with Crippen molar-refractivity contribution in [3.05, 3.63) is 18.0 Å². The molecule has 17 heavy (non-hydrogen) atoms. The number of nitrogens with zero attached hydrogens (tertiary/aromatic N) is 4. The van der Waals surface area contributed by atoms with Crippen molar-refractivity contribution in [1.82, 2.24) is 19.8 Å². The molecule has 0 radical (unpaired) electrons. The summed E-state index contributed by atoms with van der Waals surface area (Å²) in [7, 11) is 3.78. The van der Waals surface area contributed by atoms with E-state index in [1.165, 1.54) is 0 Å². The second-order valence-electron chi connectivity index (χ2n) is 4.57. The van der Waals surface area contributed by atoms with Crippen LogP contribution in [-0.4, -0.2) is 59.4 Å². The van der Waals surface area contributed by atoms with Gasteiger partial charge in [0.1, 0.15) is 0 Å². The van der Waals surface area contributed by atoms with Gasteiger partial charge >= 0.3 is 0 Å². The van der Waals surface area contributed by atoms with Crippen LogP contribution in [0.1, 0.15) is 11.6 Å². The SMILES string of the molecule is CN(C)CC(=O)N1CC(c2ccnc(N)n2)C1. The van der Waals surface area contributed by atoms with E-state index in [4.69, 9.17) is 5.73 Å². The maximum absolute atomic E-state index is 11.7. The molecule has 2 N–H and O–H groups in total. The van der Waals surface area contributed by atoms with Crippen LogP contribution in [0.15, 0.2) is 12.3 Å². The van der Waals surface area contributed by atoms with Crippen LogP contribution >= 0.6 is 0 Å². The lowest BCUT2D eigenvalue weighted by Crippen LogP contribution is -2.51. The summed E-state index contributed by atoms with van der Waals surface area (Å²) >= 11 is 0. The summed E-state index contributed by atoms with van der Waals surface area (Å²) in [6.07, 6.45) is 1.65. The van der Waals surface area contributed by atoms with Gasteiger partial charge in [-0.15, -0.1) is 0 Å². The molecule has 1 saturated heterocycles. The van der Waals surface area contributed by atoms with E-state index in [2.05, 4.69) is 9.97 Å². The minimum atomic E-state index is 0.160. The fourth-order valence-electron chi connectivity index (χ4n) is 1.86. The van der Waals surface area contributed by atoms with E-state index in [9.17, 15) is 4.79 Å². The van der Waals surface area contributed by atoms with Crippen molar-refractivity contribution in [1.29, 1.82) is 0 Å². The number of likely N-dealkylation sites (tertiary alicyclic amines) is 1. The maximum Gasteiger partial charge on any atom is 0.236 e. The van der Waals surface area contributed by atoms with Crippen LogP contribution < -0.4 is 5.73 Å². The van der Waals surface area contributed by atoms with Crippen LogP contribution in [-0.2, 0) is 4.79 Å². The number of hydrogen-bond donors (Lipinski definition) is 1. The summed E-state index contributed by atoms with van der Waals surface area (Å²) < 4.78 is 0. The fraction of sp³-hybridized carbons (Fsp3) is 0.545. The minimum Gasteiger partial charge on any atom is -0.368 e. The van der Waals surface area contributed by atoms with Gasteiger partial charge < -0.3 is 15.5 Å². The molecule has 2 rings (SSSR count). The summed E-state index contributed by atoms with van der Waals surface area (Å²) in [6, 6.07) is 1.86. The summed E-state index contributed by atoms with van der Waals surface area (Å²) in [4.78, 5) is 23.4. The third-order valence-corrected chi connectivity index (χ3v) is 2.80. The van der Waals surface area contributed by atoms with Gasteiger partial charge in [0.25, 0.3) is 0 Å². The molecule has 0 atom stereocenters. The zero-order valence-corrected chi connectivity index (χ0v) is 10.1. The summed E-state index contributed by atoms with van der Waals surface area (Å²) in [5.74, 6) is 0.750. The zero-order valence-electron chi connectivity index (χ0n) is 10.1. The van der Waals surface area contributed by atoms with E-state index in [1.807, 2.05) is 30.0 Å². The number of carbonyl (C=O) groups excluding carboxylic acids is 1. The van der Waals surface area contributed by atoms with Crippen molar-refractivity contribution in [2.75, 3.05) is 39.5 Å². The highest BCUT2D eigenvalue weighted by Crippen LogP contribution is 2.25. The van der Waals surface area contributed by atoms with E-state index >= 15 is 0 Å². The first-order valence-corrected chi connectivity index (χ1v) is 5.57. The number of amides is 1. The lowest BCUT2D eigenvalue weighted by atomic mass is 9.96. The number of hydrogen-bond acceptors (Lipinski definition) is 5. The molecule has 1 amide bonds. The molecule has 1 aromatic rings. The van der Waals surface area contributed by atoms with Crippen molar-refractivity contribution in [2.45, 2.75) is 5.92 Å². The Morgan fingerprint density at radius 1 is 1.59 bits per heavy atom. The van der Waals surface area contributed by atoms with Crippen LogP contribution in [0.5, 0.6) is 0 Å². The Hall–Kier alpha value is -1.69. The van der Waals surface area contributed by atoms with Crippen molar-refractivity contribution >= 4 is 11.9 Å². The average Bonchev–Trinajstić information content (AvgIpc) is 2.13. The molecule has 0 unspecified atom stereocenters. The highest BCUT2D eigenvalue weighted by molar-refractivity contribution is 5.79. The molecule has 2 heterocycles. The topological polar surface area (TPSA) is 75.4 Å². The van der Waals surface area contributed by atoms with Crippen LogP contribution in [0.4, 0.5) is 5.95 Å². The number of carbonyl (C=O) groups is 1. The fourth-order valence-corrected chi connectivity index (χ4v) is 1.86. The van der Waals surface area contributed by atoms with E-state index in [-0.39, 0.29) is 5.91 Å². The Morgan fingerprint density at radius 3 is 2.88 bits per heavy atom. The largest absolute Gasteiger partial charge is 0.368 e. The van der Waals surface area contributed by atoms with Crippen molar-refractivity contribution in [3.8, 4) is 0 Å². The maximum atomic E-state index is 11.7. The van der Waals surface area contributed by atoms with E-state index < -0.39 is 0 Å².